The Hall–Kier alpha value is -4.48. The number of benzene rings is 3. The van der Waals surface area contributed by atoms with Gasteiger partial charge in [0.05, 0.1) is 27.9 Å². The van der Waals surface area contributed by atoms with Crippen LogP contribution >= 0.6 is 0 Å². The fraction of sp³-hybridized carbons (Fsp3) is 0.241. The van der Waals surface area contributed by atoms with Gasteiger partial charge in [-0.1, -0.05) is 18.2 Å². The van der Waals surface area contributed by atoms with Crippen LogP contribution in [0.2, 0.25) is 0 Å². The Kier molecular flexibility index (Phi) is 5.99. The first kappa shape index (κ1) is 28.1. The van der Waals surface area contributed by atoms with Crippen LogP contribution in [0.5, 0.6) is 0 Å². The first-order valence-electron chi connectivity index (χ1n) is 12.2. The van der Waals surface area contributed by atoms with E-state index in [1.54, 1.807) is 26.8 Å². The molecule has 5 rings (SSSR count). The summed E-state index contributed by atoms with van der Waals surface area (Å²) in [6.07, 6.45) is -12.1. The summed E-state index contributed by atoms with van der Waals surface area (Å²) in [6.45, 7) is 6.87. The van der Waals surface area contributed by atoms with Crippen molar-refractivity contribution in [2.45, 2.75) is 45.5 Å². The summed E-state index contributed by atoms with van der Waals surface area (Å²) in [6, 6.07) is 5.00. The van der Waals surface area contributed by atoms with Crippen LogP contribution in [0, 0.1) is 27.7 Å². The number of fused-ring (bicyclic) bond motifs is 2. The van der Waals surface area contributed by atoms with Crippen LogP contribution < -0.4 is 10.2 Å². The molecule has 2 aliphatic rings. The van der Waals surface area contributed by atoms with Crippen LogP contribution in [0.15, 0.2) is 42.5 Å². The van der Waals surface area contributed by atoms with E-state index in [0.717, 1.165) is 22.1 Å². The Labute approximate surface area is 228 Å². The highest BCUT2D eigenvalue weighted by Gasteiger charge is 2.73. The van der Waals surface area contributed by atoms with Crippen molar-refractivity contribution in [3.63, 3.8) is 0 Å². The van der Waals surface area contributed by atoms with Gasteiger partial charge in [0.25, 0.3) is 23.6 Å². The summed E-state index contributed by atoms with van der Waals surface area (Å²) in [5, 5.41) is 1.83. The van der Waals surface area contributed by atoms with Gasteiger partial charge in [-0.3, -0.25) is 24.5 Å². The third-order valence-corrected chi connectivity index (χ3v) is 7.88. The molecule has 0 saturated heterocycles. The molecule has 3 aromatic rings. The van der Waals surface area contributed by atoms with Gasteiger partial charge in [0, 0.05) is 0 Å². The second-order valence-corrected chi connectivity index (χ2v) is 10.1. The van der Waals surface area contributed by atoms with Gasteiger partial charge in [0.15, 0.2) is 0 Å². The summed E-state index contributed by atoms with van der Waals surface area (Å²) in [7, 11) is 0. The van der Waals surface area contributed by atoms with Crippen molar-refractivity contribution in [2.24, 2.45) is 0 Å². The van der Waals surface area contributed by atoms with Gasteiger partial charge >= 0.3 is 12.4 Å². The molecule has 41 heavy (non-hydrogen) atoms. The molecule has 0 atom stereocenters. The van der Waals surface area contributed by atoms with E-state index in [1.807, 2.05) is 12.2 Å². The van der Waals surface area contributed by atoms with Gasteiger partial charge in [-0.05, 0) is 85.3 Å². The van der Waals surface area contributed by atoms with E-state index in [9.17, 15) is 45.5 Å². The van der Waals surface area contributed by atoms with Crippen LogP contribution in [0.3, 0.4) is 0 Å². The van der Waals surface area contributed by atoms with Crippen molar-refractivity contribution in [2.75, 3.05) is 4.90 Å². The van der Waals surface area contributed by atoms with Crippen LogP contribution in [0.4, 0.5) is 32.0 Å². The molecule has 0 saturated carbocycles. The second kappa shape index (κ2) is 8.76. The Morgan fingerprint density at radius 3 is 1.63 bits per heavy atom. The Bertz CT molecular complexity index is 1710. The number of alkyl halides is 6. The predicted molar refractivity (Wildman–Crippen MR) is 134 cm³/mol. The Balaban J connectivity index is 1.75. The molecule has 0 fully saturated rings. The highest BCUT2D eigenvalue weighted by atomic mass is 19.4. The summed E-state index contributed by atoms with van der Waals surface area (Å²) in [5.74, 6) is -4.06. The fourth-order valence-electron chi connectivity index (χ4n) is 5.67. The SMILES string of the molecule is Cc1cc(C)c(N2C(=O)c3ccc(C(c4ccc5c(c4)C(=O)NC5=O)(C(F)(F)F)C(F)(F)F)cc3C2=O)c(C)c1C. The van der Waals surface area contributed by atoms with E-state index in [4.69, 9.17) is 0 Å². The number of rotatable bonds is 3. The number of nitrogens with zero attached hydrogens (tertiary/aromatic N) is 1. The number of amides is 4. The Morgan fingerprint density at radius 2 is 1.07 bits per heavy atom. The van der Waals surface area contributed by atoms with Crippen molar-refractivity contribution in [1.82, 2.24) is 5.32 Å². The number of carbonyl (C=O) groups is 4. The van der Waals surface area contributed by atoms with E-state index in [-0.39, 0.29) is 16.8 Å². The molecule has 0 bridgehead atoms. The lowest BCUT2D eigenvalue weighted by Gasteiger charge is -2.38. The maximum Gasteiger partial charge on any atom is 0.411 e. The molecular weight excluding hydrogens is 554 g/mol. The van der Waals surface area contributed by atoms with Gasteiger partial charge in [0.1, 0.15) is 0 Å². The molecule has 2 aliphatic heterocycles. The smallest absolute Gasteiger partial charge is 0.288 e. The number of nitrogens with one attached hydrogen (secondary N) is 1. The predicted octanol–water partition coefficient (Wildman–Crippen LogP) is 6.02. The maximum atomic E-state index is 14.8. The monoisotopic (exact) mass is 574 g/mol. The second-order valence-electron chi connectivity index (χ2n) is 10.1. The number of aryl methyl sites for hydroxylation is 2. The number of carbonyl (C=O) groups excluding carboxylic acids is 4. The number of hydrogen-bond acceptors (Lipinski definition) is 4. The zero-order chi connectivity index (χ0) is 30.4. The van der Waals surface area contributed by atoms with E-state index in [2.05, 4.69) is 0 Å². The van der Waals surface area contributed by atoms with Crippen LogP contribution in [-0.2, 0) is 5.41 Å². The average Bonchev–Trinajstić information content (AvgIpc) is 3.28. The average molecular weight is 574 g/mol. The summed E-state index contributed by atoms with van der Waals surface area (Å²) in [4.78, 5) is 51.6. The molecule has 1 N–H and O–H groups in total. The minimum Gasteiger partial charge on any atom is -0.288 e. The maximum absolute atomic E-state index is 14.8. The molecule has 4 amide bonds. The third-order valence-electron chi connectivity index (χ3n) is 7.88. The quantitative estimate of drug-likeness (QED) is 0.307. The van der Waals surface area contributed by atoms with E-state index in [0.29, 0.717) is 41.5 Å². The molecule has 0 spiro atoms. The van der Waals surface area contributed by atoms with Crippen LogP contribution in [0.1, 0.15) is 74.8 Å². The first-order valence-corrected chi connectivity index (χ1v) is 12.2. The lowest BCUT2D eigenvalue weighted by Crippen LogP contribution is -2.55. The van der Waals surface area contributed by atoms with Gasteiger partial charge in [-0.25, -0.2) is 4.90 Å². The molecular formula is C29H20F6N2O4. The molecule has 6 nitrogen and oxygen atoms in total. The molecule has 0 unspecified atom stereocenters. The van der Waals surface area contributed by atoms with Crippen molar-refractivity contribution in [1.29, 1.82) is 0 Å². The molecule has 12 heteroatoms. The lowest BCUT2D eigenvalue weighted by molar-refractivity contribution is -0.288. The van der Waals surface area contributed by atoms with E-state index >= 15 is 0 Å². The molecule has 0 radical (unpaired) electrons. The normalized spacial score (nSPS) is 15.4. The number of hydrogen-bond donors (Lipinski definition) is 1. The molecule has 212 valence electrons. The summed E-state index contributed by atoms with van der Waals surface area (Å²) in [5.41, 5.74) is -6.56. The standard InChI is InChI=1S/C29H20F6N2O4/c1-12-9-13(2)22(15(4)14(12)3)37-25(40)19-8-6-17(11-21(19)26(37)41)27(28(30,31)32,29(33,34)35)16-5-7-18-20(10-16)24(39)36-23(18)38/h5-11H,1-4H3,(H,36,38,39). The zero-order valence-electron chi connectivity index (χ0n) is 21.9. The molecule has 3 aromatic carbocycles. The molecule has 2 heterocycles. The van der Waals surface area contributed by atoms with Crippen molar-refractivity contribution < 1.29 is 45.5 Å². The third kappa shape index (κ3) is 3.72. The first-order chi connectivity index (χ1) is 18.9. The largest absolute Gasteiger partial charge is 0.411 e. The minimum atomic E-state index is -6.03. The highest BCUT2D eigenvalue weighted by molar-refractivity contribution is 6.35. The minimum absolute atomic E-state index is 0.202. The summed E-state index contributed by atoms with van der Waals surface area (Å²) >= 11 is 0. The van der Waals surface area contributed by atoms with Crippen LogP contribution in [0.25, 0.3) is 0 Å². The van der Waals surface area contributed by atoms with E-state index < -0.39 is 63.7 Å². The van der Waals surface area contributed by atoms with Crippen molar-refractivity contribution >= 4 is 29.3 Å². The number of halogens is 6. The van der Waals surface area contributed by atoms with Gasteiger partial charge in [0.2, 0.25) is 5.41 Å². The van der Waals surface area contributed by atoms with Crippen molar-refractivity contribution in [3.05, 3.63) is 98.1 Å². The number of anilines is 1. The van der Waals surface area contributed by atoms with Gasteiger partial charge in [-0.15, -0.1) is 0 Å². The van der Waals surface area contributed by atoms with Gasteiger partial charge < -0.3 is 0 Å². The summed E-state index contributed by atoms with van der Waals surface area (Å²) < 4.78 is 88.6. The van der Waals surface area contributed by atoms with E-state index in [1.165, 1.54) is 0 Å². The molecule has 0 aliphatic carbocycles. The fourth-order valence-corrected chi connectivity index (χ4v) is 5.67. The lowest BCUT2D eigenvalue weighted by atomic mass is 9.71. The Morgan fingerprint density at radius 1 is 0.585 bits per heavy atom. The van der Waals surface area contributed by atoms with Gasteiger partial charge in [-0.2, -0.15) is 26.3 Å². The van der Waals surface area contributed by atoms with Crippen LogP contribution in [-0.4, -0.2) is 36.0 Å². The van der Waals surface area contributed by atoms with Crippen molar-refractivity contribution in [3.8, 4) is 0 Å². The molecule has 0 aromatic heterocycles. The topological polar surface area (TPSA) is 83.6 Å². The highest BCUT2D eigenvalue weighted by Crippen LogP contribution is 2.57. The number of imide groups is 2. The zero-order valence-corrected chi connectivity index (χ0v) is 21.9.